The fraction of sp³-hybridized carbons (Fsp3) is 0.600. The molecule has 1 heterocycles. The van der Waals surface area contributed by atoms with Crippen molar-refractivity contribution in [2.24, 2.45) is 5.92 Å². The molecule has 1 heteroatoms. The molecule has 1 saturated heterocycles. The summed E-state index contributed by atoms with van der Waals surface area (Å²) in [4.78, 5) is 0. The molecular weight excluding hydrogens is 194 g/mol. The van der Waals surface area contributed by atoms with Crippen molar-refractivity contribution >= 4 is 0 Å². The van der Waals surface area contributed by atoms with Gasteiger partial charge in [0, 0.05) is 0 Å². The molecule has 0 amide bonds. The molecule has 1 atom stereocenters. The van der Waals surface area contributed by atoms with E-state index in [1.54, 1.807) is 11.1 Å². The fourth-order valence-corrected chi connectivity index (χ4v) is 3.04. The highest BCUT2D eigenvalue weighted by Crippen LogP contribution is 2.38. The zero-order valence-electron chi connectivity index (χ0n) is 9.91. The SMILES string of the molecule is c1ccc(C2CCC2)c(CC2CCNC2)c1. The summed E-state index contributed by atoms with van der Waals surface area (Å²) in [5.74, 6) is 1.76. The third kappa shape index (κ3) is 2.01. The number of nitrogens with one attached hydrogen (secondary N) is 1. The average molecular weight is 215 g/mol. The van der Waals surface area contributed by atoms with Gasteiger partial charge >= 0.3 is 0 Å². The Labute approximate surface area is 98.3 Å². The second-order valence-electron chi connectivity index (χ2n) is 5.39. The average Bonchev–Trinajstić information content (AvgIpc) is 2.71. The van der Waals surface area contributed by atoms with Crippen LogP contribution in [-0.4, -0.2) is 13.1 Å². The van der Waals surface area contributed by atoms with Gasteiger partial charge < -0.3 is 5.32 Å². The van der Waals surface area contributed by atoms with Crippen molar-refractivity contribution in [3.05, 3.63) is 35.4 Å². The number of rotatable bonds is 3. The zero-order chi connectivity index (χ0) is 10.8. The second-order valence-corrected chi connectivity index (χ2v) is 5.39. The first kappa shape index (κ1) is 10.3. The predicted octanol–water partition coefficient (Wildman–Crippen LogP) is 3.11. The lowest BCUT2D eigenvalue weighted by Gasteiger charge is -2.28. The molecule has 1 nitrogen and oxygen atoms in total. The highest BCUT2D eigenvalue weighted by atomic mass is 14.9. The van der Waals surface area contributed by atoms with Crippen LogP contribution >= 0.6 is 0 Å². The maximum Gasteiger partial charge on any atom is -0.00169 e. The molecule has 16 heavy (non-hydrogen) atoms. The second kappa shape index (κ2) is 4.58. The molecule has 2 fully saturated rings. The minimum absolute atomic E-state index is 0.876. The molecule has 3 rings (SSSR count). The Kier molecular flexibility index (Phi) is 2.96. The Morgan fingerprint density at radius 2 is 2.00 bits per heavy atom. The molecule has 1 aromatic rings. The maximum absolute atomic E-state index is 3.47. The molecule has 86 valence electrons. The topological polar surface area (TPSA) is 12.0 Å². The van der Waals surface area contributed by atoms with E-state index in [0.717, 1.165) is 11.8 Å². The van der Waals surface area contributed by atoms with Crippen molar-refractivity contribution in [1.82, 2.24) is 5.32 Å². The number of hydrogen-bond donors (Lipinski definition) is 1. The Hall–Kier alpha value is -0.820. The Morgan fingerprint density at radius 3 is 2.69 bits per heavy atom. The molecule has 0 bridgehead atoms. The third-order valence-electron chi connectivity index (χ3n) is 4.27. The Morgan fingerprint density at radius 1 is 1.12 bits per heavy atom. The van der Waals surface area contributed by atoms with Crippen molar-refractivity contribution in [2.45, 2.75) is 38.0 Å². The van der Waals surface area contributed by atoms with Gasteiger partial charge in [-0.1, -0.05) is 30.7 Å². The van der Waals surface area contributed by atoms with Gasteiger partial charge in [0.05, 0.1) is 0 Å². The first-order valence-corrected chi connectivity index (χ1v) is 6.72. The monoisotopic (exact) mass is 215 g/mol. The first-order valence-electron chi connectivity index (χ1n) is 6.72. The summed E-state index contributed by atoms with van der Waals surface area (Å²) in [7, 11) is 0. The fourth-order valence-electron chi connectivity index (χ4n) is 3.04. The van der Waals surface area contributed by atoms with E-state index in [9.17, 15) is 0 Å². The smallest absolute Gasteiger partial charge is 0.00169 e. The summed E-state index contributed by atoms with van der Waals surface area (Å²) < 4.78 is 0. The highest BCUT2D eigenvalue weighted by molar-refractivity contribution is 5.32. The quantitative estimate of drug-likeness (QED) is 0.817. The maximum atomic E-state index is 3.47. The van der Waals surface area contributed by atoms with E-state index < -0.39 is 0 Å². The van der Waals surface area contributed by atoms with E-state index in [0.29, 0.717) is 0 Å². The lowest BCUT2D eigenvalue weighted by atomic mass is 9.77. The predicted molar refractivity (Wildman–Crippen MR) is 67.7 cm³/mol. The lowest BCUT2D eigenvalue weighted by Crippen LogP contribution is -2.15. The molecule has 1 unspecified atom stereocenters. The molecular formula is C15H21N. The van der Waals surface area contributed by atoms with Crippen molar-refractivity contribution in [1.29, 1.82) is 0 Å². The summed E-state index contributed by atoms with van der Waals surface area (Å²) in [6, 6.07) is 9.14. The van der Waals surface area contributed by atoms with Crippen LogP contribution in [0.15, 0.2) is 24.3 Å². The van der Waals surface area contributed by atoms with Crippen LogP contribution in [-0.2, 0) is 6.42 Å². The Balaban J connectivity index is 1.76. The zero-order valence-corrected chi connectivity index (χ0v) is 9.91. The minimum Gasteiger partial charge on any atom is -0.316 e. The van der Waals surface area contributed by atoms with Gasteiger partial charge in [0.25, 0.3) is 0 Å². The summed E-state index contributed by atoms with van der Waals surface area (Å²) in [5, 5.41) is 3.47. The number of hydrogen-bond acceptors (Lipinski definition) is 1. The van der Waals surface area contributed by atoms with E-state index >= 15 is 0 Å². The summed E-state index contributed by atoms with van der Waals surface area (Å²) in [5.41, 5.74) is 3.28. The molecule has 1 N–H and O–H groups in total. The molecule has 1 aromatic carbocycles. The largest absolute Gasteiger partial charge is 0.316 e. The summed E-state index contributed by atoms with van der Waals surface area (Å²) in [6.45, 7) is 2.44. The van der Waals surface area contributed by atoms with Crippen molar-refractivity contribution < 1.29 is 0 Å². The molecule has 0 spiro atoms. The summed E-state index contributed by atoms with van der Waals surface area (Å²) in [6.07, 6.45) is 6.92. The van der Waals surface area contributed by atoms with Gasteiger partial charge in [0.2, 0.25) is 0 Å². The number of benzene rings is 1. The van der Waals surface area contributed by atoms with E-state index in [1.807, 2.05) is 0 Å². The van der Waals surface area contributed by atoms with Crippen LogP contribution in [0, 0.1) is 5.92 Å². The van der Waals surface area contributed by atoms with E-state index in [4.69, 9.17) is 0 Å². The Bertz CT molecular complexity index is 348. The summed E-state index contributed by atoms with van der Waals surface area (Å²) >= 11 is 0. The normalized spacial score (nSPS) is 25.6. The van der Waals surface area contributed by atoms with Gasteiger partial charge in [-0.25, -0.2) is 0 Å². The van der Waals surface area contributed by atoms with Crippen LogP contribution in [0.25, 0.3) is 0 Å². The van der Waals surface area contributed by atoms with Crippen LogP contribution in [0.1, 0.15) is 42.7 Å². The van der Waals surface area contributed by atoms with E-state index in [1.165, 1.54) is 45.2 Å². The molecule has 0 aromatic heterocycles. The first-order chi connectivity index (χ1) is 7.93. The van der Waals surface area contributed by atoms with E-state index in [2.05, 4.69) is 29.6 Å². The lowest BCUT2D eigenvalue weighted by molar-refractivity contribution is 0.415. The molecule has 1 aliphatic carbocycles. The van der Waals surface area contributed by atoms with Crippen LogP contribution in [0.2, 0.25) is 0 Å². The van der Waals surface area contributed by atoms with Gasteiger partial charge in [-0.15, -0.1) is 0 Å². The van der Waals surface area contributed by atoms with Crippen LogP contribution in [0.4, 0.5) is 0 Å². The highest BCUT2D eigenvalue weighted by Gasteiger charge is 2.23. The minimum atomic E-state index is 0.876. The van der Waals surface area contributed by atoms with Crippen LogP contribution in [0.3, 0.4) is 0 Å². The van der Waals surface area contributed by atoms with Crippen molar-refractivity contribution in [3.8, 4) is 0 Å². The van der Waals surface area contributed by atoms with Crippen molar-refractivity contribution in [3.63, 3.8) is 0 Å². The van der Waals surface area contributed by atoms with Gasteiger partial charge in [-0.05, 0) is 61.7 Å². The van der Waals surface area contributed by atoms with Crippen LogP contribution in [0.5, 0.6) is 0 Å². The van der Waals surface area contributed by atoms with Gasteiger partial charge in [0.1, 0.15) is 0 Å². The third-order valence-corrected chi connectivity index (χ3v) is 4.27. The van der Waals surface area contributed by atoms with Gasteiger partial charge in [-0.2, -0.15) is 0 Å². The molecule has 0 radical (unpaired) electrons. The standard InChI is InChI=1S/C15H21N/c1-2-7-15(13-5-3-6-13)14(4-1)10-12-8-9-16-11-12/h1-2,4,7,12-13,16H,3,5-6,8-11H2. The van der Waals surface area contributed by atoms with Gasteiger partial charge in [-0.3, -0.25) is 0 Å². The van der Waals surface area contributed by atoms with Gasteiger partial charge in [0.15, 0.2) is 0 Å². The van der Waals surface area contributed by atoms with E-state index in [-0.39, 0.29) is 0 Å². The van der Waals surface area contributed by atoms with Crippen LogP contribution < -0.4 is 5.32 Å². The van der Waals surface area contributed by atoms with Crippen molar-refractivity contribution in [2.75, 3.05) is 13.1 Å². The molecule has 1 saturated carbocycles. The molecule has 2 aliphatic rings. The molecule has 1 aliphatic heterocycles.